The molecule has 1 aliphatic carbocycles. The molecule has 0 radical (unpaired) electrons. The van der Waals surface area contributed by atoms with Gasteiger partial charge in [0, 0.05) is 30.9 Å². The van der Waals surface area contributed by atoms with Gasteiger partial charge in [-0.25, -0.2) is 4.79 Å². The molecule has 148 valence electrons. The fourth-order valence-corrected chi connectivity index (χ4v) is 5.18. The molecule has 1 saturated heterocycles. The lowest BCUT2D eigenvalue weighted by molar-refractivity contribution is -0.127. The molecule has 3 rings (SSSR count). The Bertz CT molecular complexity index is 717. The van der Waals surface area contributed by atoms with Gasteiger partial charge in [-0.15, -0.1) is 11.3 Å². The van der Waals surface area contributed by atoms with E-state index >= 15 is 0 Å². The number of amides is 1. The summed E-state index contributed by atoms with van der Waals surface area (Å²) in [6.07, 6.45) is 6.68. The van der Waals surface area contributed by atoms with E-state index in [-0.39, 0.29) is 11.9 Å². The fraction of sp³-hybridized carbons (Fsp3) is 0.632. The first-order valence-corrected chi connectivity index (χ1v) is 11.0. The summed E-state index contributed by atoms with van der Waals surface area (Å²) in [5.41, 5.74) is 1.78. The van der Waals surface area contributed by atoms with E-state index in [2.05, 4.69) is 10.6 Å². The van der Waals surface area contributed by atoms with E-state index in [4.69, 9.17) is 17.0 Å². The van der Waals surface area contributed by atoms with Crippen molar-refractivity contribution in [3.8, 4) is 0 Å². The predicted molar refractivity (Wildman–Crippen MR) is 112 cm³/mol. The lowest BCUT2D eigenvalue weighted by Crippen LogP contribution is -2.33. The maximum absolute atomic E-state index is 12.5. The summed E-state index contributed by atoms with van der Waals surface area (Å²) in [6.45, 7) is 4.50. The highest BCUT2D eigenvalue weighted by atomic mass is 32.1. The number of nitrogens with one attached hydrogen (secondary N) is 2. The van der Waals surface area contributed by atoms with Crippen LogP contribution in [0.5, 0.6) is 0 Å². The normalized spacial score (nSPS) is 16.2. The van der Waals surface area contributed by atoms with Gasteiger partial charge in [0.1, 0.15) is 5.00 Å². The molecule has 1 aliphatic heterocycles. The molecule has 0 saturated carbocycles. The number of hydrogen-bond acceptors (Lipinski definition) is 5. The molecule has 0 unspecified atom stereocenters. The highest BCUT2D eigenvalue weighted by Gasteiger charge is 2.26. The zero-order chi connectivity index (χ0) is 19.2. The molecule has 6 nitrogen and oxygen atoms in total. The van der Waals surface area contributed by atoms with E-state index in [0.29, 0.717) is 30.2 Å². The predicted octanol–water partition coefficient (Wildman–Crippen LogP) is 3.10. The van der Waals surface area contributed by atoms with E-state index in [1.54, 1.807) is 11.3 Å². The van der Waals surface area contributed by atoms with Crippen molar-refractivity contribution in [1.29, 1.82) is 0 Å². The maximum Gasteiger partial charge on any atom is 0.341 e. The summed E-state index contributed by atoms with van der Waals surface area (Å²) in [6, 6.07) is 0. The van der Waals surface area contributed by atoms with Gasteiger partial charge in [0.05, 0.1) is 12.2 Å². The number of thiocarbonyl (C=S) groups is 1. The van der Waals surface area contributed by atoms with Crippen LogP contribution < -0.4 is 10.6 Å². The summed E-state index contributed by atoms with van der Waals surface area (Å²) >= 11 is 7.02. The van der Waals surface area contributed by atoms with Crippen molar-refractivity contribution in [3.63, 3.8) is 0 Å². The highest BCUT2D eigenvalue weighted by molar-refractivity contribution is 7.80. The van der Waals surface area contributed by atoms with Gasteiger partial charge >= 0.3 is 5.97 Å². The van der Waals surface area contributed by atoms with Gasteiger partial charge in [-0.3, -0.25) is 4.79 Å². The Kier molecular flexibility index (Phi) is 7.07. The second-order valence-electron chi connectivity index (χ2n) is 6.85. The third kappa shape index (κ3) is 4.99. The number of rotatable bonds is 7. The van der Waals surface area contributed by atoms with Crippen LogP contribution >= 0.6 is 23.6 Å². The molecule has 1 aromatic rings. The molecular weight excluding hydrogens is 382 g/mol. The van der Waals surface area contributed by atoms with Crippen LogP contribution in [-0.2, 0) is 22.4 Å². The van der Waals surface area contributed by atoms with Crippen LogP contribution in [0.15, 0.2) is 0 Å². The van der Waals surface area contributed by atoms with Crippen molar-refractivity contribution >= 4 is 45.5 Å². The van der Waals surface area contributed by atoms with Crippen LogP contribution in [0, 0.1) is 0 Å². The van der Waals surface area contributed by atoms with Crippen LogP contribution in [-0.4, -0.2) is 48.1 Å². The van der Waals surface area contributed by atoms with Crippen molar-refractivity contribution in [1.82, 2.24) is 10.2 Å². The minimum Gasteiger partial charge on any atom is -0.462 e. The molecule has 1 aromatic heterocycles. The molecule has 8 heteroatoms. The van der Waals surface area contributed by atoms with E-state index in [0.717, 1.165) is 62.2 Å². The number of nitrogens with zero attached hydrogens (tertiary/aromatic N) is 1. The number of carbonyl (C=O) groups is 2. The number of aryl methyl sites for hydroxylation is 1. The van der Waals surface area contributed by atoms with Crippen molar-refractivity contribution < 1.29 is 14.3 Å². The summed E-state index contributed by atoms with van der Waals surface area (Å²) in [7, 11) is 0. The number of hydrogen-bond donors (Lipinski definition) is 2. The summed E-state index contributed by atoms with van der Waals surface area (Å²) in [5, 5.41) is 7.68. The minimum atomic E-state index is -0.269. The number of likely N-dealkylation sites (tertiary alicyclic amines) is 1. The summed E-state index contributed by atoms with van der Waals surface area (Å²) in [4.78, 5) is 27.3. The number of anilines is 1. The summed E-state index contributed by atoms with van der Waals surface area (Å²) in [5.74, 6) is -0.0197. The van der Waals surface area contributed by atoms with Crippen LogP contribution in [0.4, 0.5) is 5.00 Å². The lowest BCUT2D eigenvalue weighted by Gasteiger charge is -2.16. The number of esters is 1. The van der Waals surface area contributed by atoms with Gasteiger partial charge in [0.15, 0.2) is 5.11 Å². The zero-order valence-electron chi connectivity index (χ0n) is 15.8. The van der Waals surface area contributed by atoms with Crippen LogP contribution in [0.3, 0.4) is 0 Å². The van der Waals surface area contributed by atoms with Gasteiger partial charge in [-0.05, 0) is 63.2 Å². The maximum atomic E-state index is 12.5. The van der Waals surface area contributed by atoms with Crippen LogP contribution in [0.1, 0.15) is 59.8 Å². The molecule has 0 aromatic carbocycles. The molecule has 1 fully saturated rings. The van der Waals surface area contributed by atoms with Gasteiger partial charge < -0.3 is 20.3 Å². The van der Waals surface area contributed by atoms with Crippen molar-refractivity contribution in [2.45, 2.75) is 51.9 Å². The summed E-state index contributed by atoms with van der Waals surface area (Å²) < 4.78 is 5.27. The molecule has 27 heavy (non-hydrogen) atoms. The Morgan fingerprint density at radius 1 is 1.26 bits per heavy atom. The van der Waals surface area contributed by atoms with E-state index in [1.807, 2.05) is 11.8 Å². The fourth-order valence-electron chi connectivity index (χ4n) is 3.63. The third-order valence-corrected chi connectivity index (χ3v) is 6.39. The number of ether oxygens (including phenoxy) is 1. The van der Waals surface area contributed by atoms with Crippen molar-refractivity contribution in [3.05, 3.63) is 16.0 Å². The Balaban J connectivity index is 1.56. The minimum absolute atomic E-state index is 0.249. The largest absolute Gasteiger partial charge is 0.462 e. The molecule has 2 heterocycles. The molecular formula is C19H27N3O3S2. The Morgan fingerprint density at radius 3 is 2.81 bits per heavy atom. The number of carbonyl (C=O) groups excluding carboxylic acids is 2. The first-order valence-electron chi connectivity index (χ1n) is 9.74. The number of thiophene rings is 1. The Labute approximate surface area is 169 Å². The van der Waals surface area contributed by atoms with Crippen LogP contribution in [0.2, 0.25) is 0 Å². The molecule has 0 atom stereocenters. The first-order chi connectivity index (χ1) is 13.1. The van der Waals surface area contributed by atoms with Gasteiger partial charge in [0.25, 0.3) is 0 Å². The average Bonchev–Trinajstić information content (AvgIpc) is 3.21. The molecule has 0 bridgehead atoms. The number of fused-ring (bicyclic) bond motifs is 1. The van der Waals surface area contributed by atoms with Gasteiger partial charge in [-0.1, -0.05) is 0 Å². The monoisotopic (exact) mass is 409 g/mol. The van der Waals surface area contributed by atoms with E-state index in [9.17, 15) is 9.59 Å². The molecule has 0 spiro atoms. The standard InChI is InChI=1S/C19H27N3O3S2/c1-2-25-18(24)16-13-7-3-4-8-14(13)27-17(16)21-19(26)20-10-6-12-22-11-5-9-15(22)23/h2-12H2,1H3,(H2,20,21,26). The average molecular weight is 410 g/mol. The second kappa shape index (κ2) is 9.50. The zero-order valence-corrected chi connectivity index (χ0v) is 17.4. The Morgan fingerprint density at radius 2 is 2.07 bits per heavy atom. The van der Waals surface area contributed by atoms with E-state index < -0.39 is 0 Å². The molecule has 1 amide bonds. The first kappa shape index (κ1) is 20.1. The third-order valence-electron chi connectivity index (χ3n) is 4.94. The Hall–Kier alpha value is -1.67. The quantitative estimate of drug-likeness (QED) is 0.410. The SMILES string of the molecule is CCOC(=O)c1c(NC(=S)NCCCN2CCCC2=O)sc2c1CCCC2. The van der Waals surface area contributed by atoms with E-state index in [1.165, 1.54) is 4.88 Å². The molecule has 2 aliphatic rings. The topological polar surface area (TPSA) is 70.7 Å². The smallest absolute Gasteiger partial charge is 0.341 e. The van der Waals surface area contributed by atoms with Gasteiger partial charge in [0.2, 0.25) is 5.91 Å². The molecule has 2 N–H and O–H groups in total. The van der Waals surface area contributed by atoms with Gasteiger partial charge in [-0.2, -0.15) is 0 Å². The van der Waals surface area contributed by atoms with Crippen molar-refractivity contribution in [2.75, 3.05) is 31.6 Å². The second-order valence-corrected chi connectivity index (χ2v) is 8.37. The lowest BCUT2D eigenvalue weighted by atomic mass is 9.95. The van der Waals surface area contributed by atoms with Crippen molar-refractivity contribution in [2.24, 2.45) is 0 Å². The highest BCUT2D eigenvalue weighted by Crippen LogP contribution is 2.38. The van der Waals surface area contributed by atoms with Crippen LogP contribution in [0.25, 0.3) is 0 Å².